The van der Waals surface area contributed by atoms with Crippen LogP contribution < -0.4 is 0 Å². The minimum absolute atomic E-state index is 0.0196. The van der Waals surface area contributed by atoms with Crippen LogP contribution in [-0.2, 0) is 28.4 Å². The first-order valence-electron chi connectivity index (χ1n) is 35.4. The van der Waals surface area contributed by atoms with Crippen LogP contribution in [0.15, 0.2) is 95.6 Å². The molecule has 6 unspecified atom stereocenters. The van der Waals surface area contributed by atoms with Gasteiger partial charge in [0, 0.05) is 37.9 Å². The molecule has 0 radical (unpaired) electrons. The highest BCUT2D eigenvalue weighted by Crippen LogP contribution is 2.31. The maximum absolute atomic E-state index is 12.7. The fourth-order valence-corrected chi connectivity index (χ4v) is 9.98. The third-order valence-electron chi connectivity index (χ3n) is 17.6. The first-order chi connectivity index (χ1) is 44.1. The van der Waals surface area contributed by atoms with E-state index in [0.717, 1.165) is 98.4 Å². The molecule has 6 atom stereocenters. The Balaban J connectivity index is 0.000000517. The van der Waals surface area contributed by atoms with Gasteiger partial charge in [-0.05, 0) is 240 Å². The van der Waals surface area contributed by atoms with Crippen LogP contribution in [0.25, 0.3) is 0 Å². The van der Waals surface area contributed by atoms with Gasteiger partial charge in [-0.2, -0.15) is 0 Å². The summed E-state index contributed by atoms with van der Waals surface area (Å²) in [6.45, 7) is 49.5. The second-order valence-corrected chi connectivity index (χ2v) is 28.8. The quantitative estimate of drug-likeness (QED) is 0.164. The molecule has 94 heavy (non-hydrogen) atoms. The minimum atomic E-state index is -0.736. The van der Waals surface area contributed by atoms with Crippen LogP contribution in [0, 0.1) is 126 Å². The molecule has 0 aromatic heterocycles. The third kappa shape index (κ3) is 42.4. The molecular weight excluding hydrogens is 1190 g/mol. The molecule has 7 aliphatic rings. The van der Waals surface area contributed by atoms with E-state index in [-0.39, 0.29) is 35.9 Å². The molecule has 0 N–H and O–H groups in total. The zero-order valence-electron chi connectivity index (χ0n) is 62.7. The van der Waals surface area contributed by atoms with Crippen LogP contribution in [-0.4, -0.2) is 64.4 Å². The van der Waals surface area contributed by atoms with Crippen molar-refractivity contribution in [2.24, 2.45) is 47.3 Å². The number of ether oxygens (including phenoxy) is 6. The van der Waals surface area contributed by atoms with Gasteiger partial charge in [0.25, 0.3) is 0 Å². The Morgan fingerprint density at radius 2 is 0.543 bits per heavy atom. The summed E-state index contributed by atoms with van der Waals surface area (Å²) in [5.74, 6) is 4.47. The van der Waals surface area contributed by atoms with Crippen LogP contribution in [0.1, 0.15) is 231 Å². The van der Waals surface area contributed by atoms with E-state index in [1.165, 1.54) is 101 Å². The van der Waals surface area contributed by atoms with E-state index < -0.39 is 11.6 Å². The number of hydrogen-bond donors (Lipinski definition) is 0. The summed E-state index contributed by atoms with van der Waals surface area (Å²) in [6.07, 6.45) is 17.8. The van der Waals surface area contributed by atoms with Gasteiger partial charge in [0.2, 0.25) is 0 Å². The molecule has 11 rings (SSSR count). The van der Waals surface area contributed by atoms with Gasteiger partial charge in [-0.3, -0.25) is 0 Å². The molecule has 4 aromatic carbocycles. The molecule has 4 aliphatic heterocycles. The number of halogens is 6. The average molecular weight is 1330 g/mol. The maximum atomic E-state index is 12.7. The van der Waals surface area contributed by atoms with Gasteiger partial charge < -0.3 is 28.4 Å². The van der Waals surface area contributed by atoms with Crippen molar-refractivity contribution in [3.8, 4) is 0 Å². The third-order valence-corrected chi connectivity index (χ3v) is 17.6. The highest BCUT2D eigenvalue weighted by atomic mass is 19.2. The molecule has 3 aliphatic carbocycles. The standard InChI is InChI=1S/C8H8F2.2C8H13F.2C8H9F.C8H16.C8H10.2C7H14O.2C6H12O2/c1-5-3-4-6(2)8(10)7(5)9;4*1-6-3-4-7(2)8(9)5-6;2*1-7-3-5-8(2)6-4-7;2*1-6-3-4-7(2)8-5-6;2*1-5-3-7-6(2)8-4-5/h3-4H,1-2H3;2*6H,3-5H2,1-2H3;2*3-5H,1-2H3;7-8H,3-6H2,1-2H3;3-6H,1-2H3;2*6-7H,3-5H2,1-2H3;2*5-6H,3-4H2,1-2H3. The number of benzene rings is 4. The second-order valence-electron chi connectivity index (χ2n) is 28.8. The van der Waals surface area contributed by atoms with Gasteiger partial charge in [0.1, 0.15) is 11.6 Å². The summed E-state index contributed by atoms with van der Waals surface area (Å²) in [5, 5.41) is 0. The fraction of sp³-hybridized carbons (Fsp3) is 0.659. The van der Waals surface area contributed by atoms with Crippen LogP contribution in [0.3, 0.4) is 0 Å². The van der Waals surface area contributed by atoms with Gasteiger partial charge in [-0.25, -0.2) is 26.3 Å². The van der Waals surface area contributed by atoms with Crippen molar-refractivity contribution < 1.29 is 54.8 Å². The van der Waals surface area contributed by atoms with E-state index >= 15 is 0 Å². The highest BCUT2D eigenvalue weighted by molar-refractivity contribution is 5.25. The minimum Gasteiger partial charge on any atom is -0.378 e. The smallest absolute Gasteiger partial charge is 0.161 e. The van der Waals surface area contributed by atoms with Gasteiger partial charge in [-0.15, -0.1) is 0 Å². The first kappa shape index (κ1) is 87.7. The number of allylic oxidation sites excluding steroid dienone is 4. The zero-order chi connectivity index (χ0) is 71.0. The fourth-order valence-electron chi connectivity index (χ4n) is 9.98. The van der Waals surface area contributed by atoms with Crippen molar-refractivity contribution in [3.63, 3.8) is 0 Å². The van der Waals surface area contributed by atoms with Crippen LogP contribution >= 0.6 is 0 Å². The second kappa shape index (κ2) is 49.2. The highest BCUT2D eigenvalue weighted by Gasteiger charge is 2.19. The van der Waals surface area contributed by atoms with Crippen molar-refractivity contribution in [2.75, 3.05) is 39.6 Å². The van der Waals surface area contributed by atoms with E-state index in [1.54, 1.807) is 38.1 Å². The lowest BCUT2D eigenvalue weighted by atomic mass is 9.84. The molecule has 4 saturated heterocycles. The van der Waals surface area contributed by atoms with E-state index in [1.807, 2.05) is 53.7 Å². The predicted molar refractivity (Wildman–Crippen MR) is 383 cm³/mol. The van der Waals surface area contributed by atoms with Gasteiger partial charge in [-0.1, -0.05) is 153 Å². The molecule has 536 valence electrons. The Bertz CT molecular complexity index is 2370. The Hall–Kier alpha value is -4.30. The van der Waals surface area contributed by atoms with Crippen LogP contribution in [0.4, 0.5) is 26.3 Å². The van der Waals surface area contributed by atoms with E-state index in [4.69, 9.17) is 28.4 Å². The van der Waals surface area contributed by atoms with Gasteiger partial charge in [0.05, 0.1) is 50.3 Å². The van der Waals surface area contributed by atoms with Crippen molar-refractivity contribution in [2.45, 2.75) is 267 Å². The summed E-state index contributed by atoms with van der Waals surface area (Å²) in [6, 6.07) is 22.0. The molecule has 4 heterocycles. The SMILES string of the molecule is CC1=C(F)CC(C)CC1.CC1=C(F)CC(C)CC1.CC1CCC(C)CC1.CC1CCC(C)OC1.CC1CCC(C)OC1.CC1COC(C)OC1.CC1COC(C)OC1.Cc1ccc(C)c(F)c1.Cc1ccc(C)c(F)c1.Cc1ccc(C)c(F)c1F.Cc1ccc(C)cc1. The Morgan fingerprint density at radius 3 is 0.766 bits per heavy atom. The number of aryl methyl sites for hydroxylation is 8. The lowest BCUT2D eigenvalue weighted by Crippen LogP contribution is -2.27. The van der Waals surface area contributed by atoms with Crippen molar-refractivity contribution in [1.82, 2.24) is 0 Å². The Labute approximate surface area is 569 Å². The molecule has 6 nitrogen and oxygen atoms in total. The largest absolute Gasteiger partial charge is 0.378 e. The summed E-state index contributed by atoms with van der Waals surface area (Å²) >= 11 is 0. The Kier molecular flexibility index (Phi) is 46.0. The van der Waals surface area contributed by atoms with E-state index in [2.05, 4.69) is 107 Å². The monoisotopic (exact) mass is 1320 g/mol. The van der Waals surface area contributed by atoms with Crippen LogP contribution in [0.5, 0.6) is 0 Å². The van der Waals surface area contributed by atoms with Crippen molar-refractivity contribution >= 4 is 0 Å². The molecule has 0 bridgehead atoms. The lowest BCUT2D eigenvalue weighted by Gasteiger charge is -2.24. The topological polar surface area (TPSA) is 55.4 Å². The summed E-state index contributed by atoms with van der Waals surface area (Å²) in [4.78, 5) is 0. The van der Waals surface area contributed by atoms with E-state index in [0.29, 0.717) is 71.0 Å². The Morgan fingerprint density at radius 1 is 0.277 bits per heavy atom. The molecule has 4 aromatic rings. The summed E-state index contributed by atoms with van der Waals surface area (Å²) in [7, 11) is 0. The molecule has 0 spiro atoms. The predicted octanol–water partition coefficient (Wildman–Crippen LogP) is 24.4. The molecular formula is C82H130F6O6. The zero-order valence-corrected chi connectivity index (χ0v) is 62.7. The van der Waals surface area contributed by atoms with Crippen molar-refractivity contribution in [3.05, 3.63) is 163 Å². The average Bonchev–Trinajstić information content (AvgIpc) is 1.01. The number of rotatable bonds is 0. The lowest BCUT2D eigenvalue weighted by molar-refractivity contribution is -0.187. The molecule has 0 amide bonds. The van der Waals surface area contributed by atoms with Gasteiger partial charge in [0.15, 0.2) is 24.2 Å². The first-order valence-corrected chi connectivity index (χ1v) is 35.4. The van der Waals surface area contributed by atoms with Gasteiger partial charge >= 0.3 is 0 Å². The van der Waals surface area contributed by atoms with E-state index in [9.17, 15) is 26.3 Å². The molecule has 5 fully saturated rings. The normalized spacial score (nSPS) is 26.2. The maximum Gasteiger partial charge on any atom is 0.161 e. The summed E-state index contributed by atoms with van der Waals surface area (Å²) < 4.78 is 107. The molecule has 1 saturated carbocycles. The van der Waals surface area contributed by atoms with Crippen LogP contribution in [0.2, 0.25) is 0 Å². The summed E-state index contributed by atoms with van der Waals surface area (Å²) in [5.41, 5.74) is 8.65. The molecule has 12 heteroatoms. The number of hydrogen-bond acceptors (Lipinski definition) is 6. The van der Waals surface area contributed by atoms with Crippen molar-refractivity contribution in [1.29, 1.82) is 0 Å².